The first-order valence-electron chi connectivity index (χ1n) is 10.0. The summed E-state index contributed by atoms with van der Waals surface area (Å²) >= 11 is 13.1. The normalized spacial score (nSPS) is 13.6. The molecule has 9 heteroatoms. The second-order valence-electron chi connectivity index (χ2n) is 7.39. The van der Waals surface area contributed by atoms with Gasteiger partial charge in [0.25, 0.3) is 5.91 Å². The number of nitrogens with one attached hydrogen (secondary N) is 1. The Kier molecular flexibility index (Phi) is 7.24. The van der Waals surface area contributed by atoms with E-state index >= 15 is 0 Å². The number of likely N-dealkylation sites (N-methyl/N-ethyl adjacent to an activating group) is 1. The Morgan fingerprint density at radius 1 is 1.25 bits per heavy atom. The largest absolute Gasteiger partial charge is 0.313 e. The van der Waals surface area contributed by atoms with Crippen LogP contribution in [-0.4, -0.2) is 28.9 Å². The van der Waals surface area contributed by atoms with Gasteiger partial charge in [-0.05, 0) is 48.9 Å². The van der Waals surface area contributed by atoms with Gasteiger partial charge in [0.1, 0.15) is 10.0 Å². The lowest BCUT2D eigenvalue weighted by molar-refractivity contribution is 0.102. The Hall–Kier alpha value is -1.48. The van der Waals surface area contributed by atoms with E-state index < -0.39 is 0 Å². The van der Waals surface area contributed by atoms with Gasteiger partial charge in [-0.1, -0.05) is 46.6 Å². The van der Waals surface area contributed by atoms with Crippen molar-refractivity contribution in [3.63, 3.8) is 0 Å². The van der Waals surface area contributed by atoms with Gasteiger partial charge in [0.2, 0.25) is 0 Å². The fourth-order valence-corrected chi connectivity index (χ4v) is 6.82. The number of amides is 1. The topological polar surface area (TPSA) is 45.2 Å². The lowest BCUT2D eigenvalue weighted by Gasteiger charge is -2.25. The van der Waals surface area contributed by atoms with Crippen molar-refractivity contribution in [3.05, 3.63) is 68.0 Å². The molecule has 1 amide bonds. The van der Waals surface area contributed by atoms with E-state index in [9.17, 15) is 4.79 Å². The molecule has 1 N–H and O–H groups in total. The molecule has 4 aromatic rings. The maximum atomic E-state index is 13.1. The van der Waals surface area contributed by atoms with Crippen molar-refractivity contribution >= 4 is 83.7 Å². The third kappa shape index (κ3) is 4.47. The third-order valence-electron chi connectivity index (χ3n) is 5.49. The Morgan fingerprint density at radius 2 is 2.06 bits per heavy atom. The van der Waals surface area contributed by atoms with Crippen molar-refractivity contribution in [3.8, 4) is 10.6 Å². The van der Waals surface area contributed by atoms with Crippen LogP contribution in [0.4, 0.5) is 5.00 Å². The predicted octanol–water partition coefficient (Wildman–Crippen LogP) is 7.49. The molecule has 1 aliphatic heterocycles. The zero-order valence-electron chi connectivity index (χ0n) is 17.2. The molecule has 166 valence electrons. The summed E-state index contributed by atoms with van der Waals surface area (Å²) in [6.07, 6.45) is 0.957. The monoisotopic (exact) mass is 567 g/mol. The summed E-state index contributed by atoms with van der Waals surface area (Å²) in [5.74, 6) is -0.209. The molecule has 0 unspecified atom stereocenters. The number of para-hydroxylation sites is 1. The van der Waals surface area contributed by atoms with Gasteiger partial charge < -0.3 is 5.32 Å². The van der Waals surface area contributed by atoms with E-state index in [1.807, 2.05) is 24.3 Å². The van der Waals surface area contributed by atoms with Crippen LogP contribution in [0.5, 0.6) is 0 Å². The van der Waals surface area contributed by atoms with Crippen molar-refractivity contribution in [2.45, 2.75) is 19.9 Å². The smallest absolute Gasteiger partial charge is 0.257 e. The summed E-state index contributed by atoms with van der Waals surface area (Å²) < 4.78 is 1.97. The Labute approximate surface area is 214 Å². The summed E-state index contributed by atoms with van der Waals surface area (Å²) in [4.78, 5) is 21.8. The predicted molar refractivity (Wildman–Crippen MR) is 142 cm³/mol. The maximum Gasteiger partial charge on any atom is 0.257 e. The minimum atomic E-state index is -0.209. The highest BCUT2D eigenvalue weighted by atomic mass is 79.9. The zero-order chi connectivity index (χ0) is 21.5. The minimum Gasteiger partial charge on any atom is -0.313 e. The maximum absolute atomic E-state index is 13.1. The van der Waals surface area contributed by atoms with Crippen LogP contribution in [0.2, 0.25) is 5.02 Å². The molecule has 0 fully saturated rings. The molecule has 4 nitrogen and oxygen atoms in total. The van der Waals surface area contributed by atoms with Crippen LogP contribution >= 0.6 is 62.6 Å². The molecule has 3 heterocycles. The van der Waals surface area contributed by atoms with E-state index in [1.54, 1.807) is 34.8 Å². The lowest BCUT2D eigenvalue weighted by atomic mass is 10.0. The van der Waals surface area contributed by atoms with Gasteiger partial charge in [-0.15, -0.1) is 35.1 Å². The number of benzene rings is 2. The van der Waals surface area contributed by atoms with E-state index in [-0.39, 0.29) is 18.3 Å². The number of rotatable bonds is 4. The molecular weight excluding hydrogens is 549 g/mol. The first-order valence-corrected chi connectivity index (χ1v) is 12.8. The van der Waals surface area contributed by atoms with Crippen molar-refractivity contribution in [2.24, 2.45) is 0 Å². The number of carbonyl (C=O) groups excluding carboxylic acids is 1. The first-order chi connectivity index (χ1) is 15.0. The average Bonchev–Trinajstić information content (AvgIpc) is 3.35. The van der Waals surface area contributed by atoms with Gasteiger partial charge in [0.15, 0.2) is 0 Å². The van der Waals surface area contributed by atoms with Crippen LogP contribution < -0.4 is 5.32 Å². The molecule has 0 saturated carbocycles. The van der Waals surface area contributed by atoms with Gasteiger partial charge in [-0.2, -0.15) is 0 Å². The number of carbonyl (C=O) groups is 1. The van der Waals surface area contributed by atoms with E-state index in [0.29, 0.717) is 10.6 Å². The van der Waals surface area contributed by atoms with Gasteiger partial charge >= 0.3 is 0 Å². The molecule has 2 aromatic carbocycles. The molecular formula is C23H20BrCl2N3OS2. The quantitative estimate of drug-likeness (QED) is 0.277. The fourth-order valence-electron chi connectivity index (χ4n) is 3.86. The zero-order valence-corrected chi connectivity index (χ0v) is 21.9. The number of thiazole rings is 1. The van der Waals surface area contributed by atoms with Gasteiger partial charge in [-0.3, -0.25) is 9.69 Å². The highest BCUT2D eigenvalue weighted by Gasteiger charge is 2.27. The van der Waals surface area contributed by atoms with E-state index in [0.717, 1.165) is 56.3 Å². The van der Waals surface area contributed by atoms with Crippen LogP contribution in [0.1, 0.15) is 27.7 Å². The number of nitrogens with zero attached hydrogens (tertiary/aromatic N) is 2. The molecule has 0 spiro atoms. The SMILES string of the molecule is CCN1CCc2c(sc(NC(=O)c3cc(Br)ccc3Cl)c2-c2nc3ccccc3s2)C1.Cl. The Bertz CT molecular complexity index is 1270. The molecule has 5 rings (SSSR count). The summed E-state index contributed by atoms with van der Waals surface area (Å²) in [7, 11) is 0. The lowest BCUT2D eigenvalue weighted by Crippen LogP contribution is -2.29. The van der Waals surface area contributed by atoms with Crippen LogP contribution in [0.25, 0.3) is 20.8 Å². The number of fused-ring (bicyclic) bond motifs is 2. The van der Waals surface area contributed by atoms with Crippen molar-refractivity contribution in [1.82, 2.24) is 9.88 Å². The Morgan fingerprint density at radius 3 is 2.84 bits per heavy atom. The second kappa shape index (κ2) is 9.79. The molecule has 2 aromatic heterocycles. The van der Waals surface area contributed by atoms with Gasteiger partial charge in [0, 0.05) is 28.0 Å². The van der Waals surface area contributed by atoms with E-state index in [1.165, 1.54) is 10.4 Å². The fraction of sp³-hybridized carbons (Fsp3) is 0.217. The van der Waals surface area contributed by atoms with Crippen LogP contribution in [0.15, 0.2) is 46.9 Å². The number of aromatic nitrogens is 1. The Balaban J connectivity index is 0.00000245. The molecule has 0 aliphatic carbocycles. The molecule has 32 heavy (non-hydrogen) atoms. The highest BCUT2D eigenvalue weighted by molar-refractivity contribution is 9.10. The van der Waals surface area contributed by atoms with Crippen LogP contribution in [0.3, 0.4) is 0 Å². The second-order valence-corrected chi connectivity index (χ2v) is 10.9. The third-order valence-corrected chi connectivity index (χ3v) is 8.50. The minimum absolute atomic E-state index is 0. The number of hydrogen-bond donors (Lipinski definition) is 1. The summed E-state index contributed by atoms with van der Waals surface area (Å²) in [5.41, 5.74) is 3.81. The molecule has 1 aliphatic rings. The number of thiophene rings is 1. The highest BCUT2D eigenvalue weighted by Crippen LogP contribution is 2.46. The van der Waals surface area contributed by atoms with Crippen molar-refractivity contribution in [2.75, 3.05) is 18.4 Å². The van der Waals surface area contributed by atoms with Crippen LogP contribution in [-0.2, 0) is 13.0 Å². The summed E-state index contributed by atoms with van der Waals surface area (Å²) in [6, 6.07) is 13.5. The molecule has 0 saturated heterocycles. The van der Waals surface area contributed by atoms with Gasteiger partial charge in [-0.25, -0.2) is 4.98 Å². The standard InChI is InChI=1S/C23H19BrClN3OS2.ClH/c1-2-28-10-9-14-19(12-28)31-23(27-21(29)15-11-13(24)7-8-16(15)25)20(14)22-26-17-5-3-4-6-18(17)30-22;/h3-8,11H,2,9-10,12H2,1H3,(H,27,29);1H. The van der Waals surface area contributed by atoms with E-state index in [2.05, 4.69) is 39.1 Å². The number of anilines is 1. The van der Waals surface area contributed by atoms with Crippen LogP contribution in [0, 0.1) is 0 Å². The summed E-state index contributed by atoms with van der Waals surface area (Å²) in [5, 5.41) is 5.39. The molecule has 0 atom stereocenters. The van der Waals surface area contributed by atoms with Crippen molar-refractivity contribution < 1.29 is 4.79 Å². The van der Waals surface area contributed by atoms with E-state index in [4.69, 9.17) is 16.6 Å². The average molecular weight is 569 g/mol. The molecule has 0 bridgehead atoms. The van der Waals surface area contributed by atoms with Gasteiger partial charge in [0.05, 0.1) is 20.8 Å². The summed E-state index contributed by atoms with van der Waals surface area (Å²) in [6.45, 7) is 5.12. The number of halogens is 3. The first kappa shape index (κ1) is 23.7. The van der Waals surface area contributed by atoms with Crippen molar-refractivity contribution in [1.29, 1.82) is 0 Å². The molecule has 0 radical (unpaired) electrons. The number of hydrogen-bond acceptors (Lipinski definition) is 5.